The lowest BCUT2D eigenvalue weighted by Gasteiger charge is -2.16. The molecule has 0 fully saturated rings. The van der Waals surface area contributed by atoms with Gasteiger partial charge in [0.1, 0.15) is 0 Å². The van der Waals surface area contributed by atoms with Gasteiger partial charge in [0.2, 0.25) is 5.17 Å². The Balaban J connectivity index is 1.61. The number of methoxy groups -OCH3 is 1. The van der Waals surface area contributed by atoms with Gasteiger partial charge in [0.05, 0.1) is 25.0 Å². The summed E-state index contributed by atoms with van der Waals surface area (Å²) in [6.07, 6.45) is 0. The zero-order chi connectivity index (χ0) is 16.4. The molecule has 0 saturated carbocycles. The Hall–Kier alpha value is -1.52. The Labute approximate surface area is 142 Å². The minimum atomic E-state index is -3.34. The molecule has 10 heteroatoms. The molecule has 23 heavy (non-hydrogen) atoms. The standard InChI is InChI=1S/C13H13N3O4S3/c1-20-11(17)10-4-2-9(3-5-10)8-21-13-14-16-6-7-23(18,19)15-12(16)22-13/h2-5H,6-8H2,1H3. The molecule has 0 aromatic heterocycles. The molecule has 0 atom stereocenters. The summed E-state index contributed by atoms with van der Waals surface area (Å²) in [5, 5.41) is 6.39. The number of hydrazone groups is 1. The molecule has 0 bridgehead atoms. The Kier molecular flexibility index (Phi) is 4.64. The van der Waals surface area contributed by atoms with Crippen LogP contribution in [-0.4, -0.2) is 48.3 Å². The number of rotatable bonds is 3. The van der Waals surface area contributed by atoms with Gasteiger partial charge in [-0.05, 0) is 29.5 Å². The van der Waals surface area contributed by atoms with Crippen LogP contribution in [0.2, 0.25) is 0 Å². The van der Waals surface area contributed by atoms with E-state index in [9.17, 15) is 13.2 Å². The quantitative estimate of drug-likeness (QED) is 0.748. The third-order valence-electron chi connectivity index (χ3n) is 3.12. The maximum Gasteiger partial charge on any atom is 0.337 e. The van der Waals surface area contributed by atoms with Crippen molar-refractivity contribution in [2.45, 2.75) is 5.75 Å². The van der Waals surface area contributed by atoms with Crippen LogP contribution in [0.1, 0.15) is 15.9 Å². The molecule has 1 aromatic carbocycles. The van der Waals surface area contributed by atoms with E-state index in [1.165, 1.54) is 30.6 Å². The maximum absolute atomic E-state index is 11.5. The van der Waals surface area contributed by atoms with Gasteiger partial charge in [-0.25, -0.2) is 18.2 Å². The van der Waals surface area contributed by atoms with Crippen molar-refractivity contribution in [1.82, 2.24) is 5.01 Å². The second-order valence-corrected chi connectivity index (χ2v) is 8.66. The molecule has 0 aliphatic carbocycles. The van der Waals surface area contributed by atoms with Crippen molar-refractivity contribution in [2.24, 2.45) is 9.50 Å². The van der Waals surface area contributed by atoms with Crippen molar-refractivity contribution < 1.29 is 17.9 Å². The summed E-state index contributed by atoms with van der Waals surface area (Å²) in [6, 6.07) is 7.14. The van der Waals surface area contributed by atoms with Crippen molar-refractivity contribution in [3.63, 3.8) is 0 Å². The van der Waals surface area contributed by atoms with Gasteiger partial charge in [-0.1, -0.05) is 23.9 Å². The molecule has 0 radical (unpaired) electrons. The topological polar surface area (TPSA) is 88.4 Å². The first-order valence-electron chi connectivity index (χ1n) is 6.63. The fourth-order valence-corrected chi connectivity index (χ4v) is 5.05. The van der Waals surface area contributed by atoms with Gasteiger partial charge in [0, 0.05) is 5.75 Å². The first-order chi connectivity index (χ1) is 11.0. The highest BCUT2D eigenvalue weighted by Gasteiger charge is 2.30. The van der Waals surface area contributed by atoms with Gasteiger partial charge in [-0.15, -0.1) is 4.40 Å². The summed E-state index contributed by atoms with van der Waals surface area (Å²) in [6.45, 7) is 0.339. The number of carbonyl (C=O) groups is 1. The van der Waals surface area contributed by atoms with Crippen LogP contribution >= 0.6 is 23.5 Å². The van der Waals surface area contributed by atoms with E-state index in [1.807, 2.05) is 12.1 Å². The second-order valence-electron chi connectivity index (χ2n) is 4.73. The Morgan fingerprint density at radius 3 is 2.83 bits per heavy atom. The first kappa shape index (κ1) is 16.3. The van der Waals surface area contributed by atoms with Gasteiger partial charge >= 0.3 is 5.97 Å². The molecular weight excluding hydrogens is 358 g/mol. The molecule has 1 aromatic rings. The van der Waals surface area contributed by atoms with E-state index in [1.54, 1.807) is 17.1 Å². The smallest absolute Gasteiger partial charge is 0.337 e. The van der Waals surface area contributed by atoms with Crippen LogP contribution in [0.4, 0.5) is 0 Å². The highest BCUT2D eigenvalue weighted by molar-refractivity contribution is 8.45. The summed E-state index contributed by atoms with van der Waals surface area (Å²) in [4.78, 5) is 11.4. The van der Waals surface area contributed by atoms with Crippen molar-refractivity contribution in [3.05, 3.63) is 35.4 Å². The monoisotopic (exact) mass is 371 g/mol. The fraction of sp³-hybridized carbons (Fsp3) is 0.308. The fourth-order valence-electron chi connectivity index (χ4n) is 1.93. The predicted molar refractivity (Wildman–Crippen MR) is 92.0 cm³/mol. The normalized spacial score (nSPS) is 18.9. The van der Waals surface area contributed by atoms with E-state index < -0.39 is 10.0 Å². The Bertz CT molecular complexity index is 787. The number of fused-ring (bicyclic) bond motifs is 1. The summed E-state index contributed by atoms with van der Waals surface area (Å²) in [5.74, 6) is 0.297. The lowest BCUT2D eigenvalue weighted by Crippen LogP contribution is -2.31. The van der Waals surface area contributed by atoms with E-state index in [0.29, 0.717) is 23.0 Å². The highest BCUT2D eigenvalue weighted by atomic mass is 32.2. The van der Waals surface area contributed by atoms with Crippen LogP contribution < -0.4 is 0 Å². The molecular formula is C13H13N3O4S3. The van der Waals surface area contributed by atoms with E-state index in [0.717, 1.165) is 9.94 Å². The highest BCUT2D eigenvalue weighted by Crippen LogP contribution is 2.32. The van der Waals surface area contributed by atoms with E-state index in [4.69, 9.17) is 0 Å². The molecule has 0 saturated heterocycles. The van der Waals surface area contributed by atoms with Crippen molar-refractivity contribution in [1.29, 1.82) is 0 Å². The number of sulfonamides is 1. The molecule has 2 aliphatic heterocycles. The maximum atomic E-state index is 11.5. The van der Waals surface area contributed by atoms with Crippen molar-refractivity contribution >= 4 is 49.1 Å². The third kappa shape index (κ3) is 3.88. The molecule has 0 N–H and O–H groups in total. The average Bonchev–Trinajstić information content (AvgIpc) is 2.93. The summed E-state index contributed by atoms with van der Waals surface area (Å²) in [5.41, 5.74) is 1.54. The molecule has 0 spiro atoms. The number of benzene rings is 1. The zero-order valence-electron chi connectivity index (χ0n) is 12.1. The van der Waals surface area contributed by atoms with Crippen LogP contribution in [0.25, 0.3) is 0 Å². The van der Waals surface area contributed by atoms with Crippen LogP contribution in [0.3, 0.4) is 0 Å². The largest absolute Gasteiger partial charge is 0.465 e. The first-order valence-corrected chi connectivity index (χ1v) is 10.0. The van der Waals surface area contributed by atoms with Gasteiger partial charge in [-0.2, -0.15) is 5.10 Å². The predicted octanol–water partition coefficient (Wildman–Crippen LogP) is 1.73. The second kappa shape index (κ2) is 6.54. The molecule has 2 aliphatic rings. The van der Waals surface area contributed by atoms with E-state index >= 15 is 0 Å². The molecule has 0 amide bonds. The lowest BCUT2D eigenvalue weighted by atomic mass is 10.1. The number of carbonyl (C=O) groups excluding carboxylic acids is 1. The molecule has 7 nitrogen and oxygen atoms in total. The van der Waals surface area contributed by atoms with Gasteiger partial charge < -0.3 is 4.74 Å². The van der Waals surface area contributed by atoms with Crippen LogP contribution in [0.5, 0.6) is 0 Å². The number of esters is 1. The summed E-state index contributed by atoms with van der Waals surface area (Å²) in [7, 11) is -2.00. The minimum absolute atomic E-state index is 0.00645. The van der Waals surface area contributed by atoms with Gasteiger partial charge in [0.15, 0.2) is 4.38 Å². The minimum Gasteiger partial charge on any atom is -0.465 e. The van der Waals surface area contributed by atoms with Gasteiger partial charge in [-0.3, -0.25) is 0 Å². The van der Waals surface area contributed by atoms with Crippen LogP contribution in [0.15, 0.2) is 33.8 Å². The SMILES string of the molecule is COC(=O)c1ccc(CSC2=NN3CCS(=O)(=O)N=C3S2)cc1. The number of thioether (sulfide) groups is 2. The number of ether oxygens (including phenoxy) is 1. The van der Waals surface area contributed by atoms with Crippen molar-refractivity contribution in [2.75, 3.05) is 19.4 Å². The van der Waals surface area contributed by atoms with Gasteiger partial charge in [0.25, 0.3) is 10.0 Å². The number of nitrogens with zero attached hydrogens (tertiary/aromatic N) is 3. The molecule has 2 heterocycles. The number of hydrogen-bond acceptors (Lipinski definition) is 8. The number of hydrogen-bond donors (Lipinski definition) is 0. The molecule has 3 rings (SSSR count). The third-order valence-corrected chi connectivity index (χ3v) is 6.53. The average molecular weight is 371 g/mol. The van der Waals surface area contributed by atoms with Crippen molar-refractivity contribution in [3.8, 4) is 0 Å². The summed E-state index contributed by atoms with van der Waals surface area (Å²) >= 11 is 2.77. The van der Waals surface area contributed by atoms with Crippen LogP contribution in [-0.2, 0) is 20.5 Å². The van der Waals surface area contributed by atoms with Crippen LogP contribution in [0, 0.1) is 0 Å². The Morgan fingerprint density at radius 2 is 2.13 bits per heavy atom. The molecule has 122 valence electrons. The Morgan fingerprint density at radius 1 is 1.39 bits per heavy atom. The lowest BCUT2D eigenvalue weighted by molar-refractivity contribution is 0.0600. The number of amidine groups is 1. The summed E-state index contributed by atoms with van der Waals surface area (Å²) < 4.78 is 32.1. The van der Waals surface area contributed by atoms with E-state index in [2.05, 4.69) is 14.2 Å². The van der Waals surface area contributed by atoms with E-state index in [-0.39, 0.29) is 11.7 Å². The molecule has 0 unspecified atom stereocenters. The zero-order valence-corrected chi connectivity index (χ0v) is 14.6.